The molecule has 6 heteroatoms. The first kappa shape index (κ1) is 19.3. The van der Waals surface area contributed by atoms with Crippen molar-refractivity contribution in [1.82, 2.24) is 10.2 Å². The van der Waals surface area contributed by atoms with Crippen molar-refractivity contribution in [2.75, 3.05) is 19.6 Å². The summed E-state index contributed by atoms with van der Waals surface area (Å²) >= 11 is 11.8. The lowest BCUT2D eigenvalue weighted by Gasteiger charge is -2.21. The van der Waals surface area contributed by atoms with E-state index < -0.39 is 0 Å². The van der Waals surface area contributed by atoms with Gasteiger partial charge in [0.15, 0.2) is 0 Å². The van der Waals surface area contributed by atoms with E-state index in [4.69, 9.17) is 23.2 Å². The third kappa shape index (κ3) is 6.40. The molecule has 0 saturated heterocycles. The summed E-state index contributed by atoms with van der Waals surface area (Å²) in [6, 6.07) is 14.3. The molecule has 25 heavy (non-hydrogen) atoms. The number of amides is 2. The first-order chi connectivity index (χ1) is 12.0. The van der Waals surface area contributed by atoms with Gasteiger partial charge in [-0.3, -0.25) is 9.59 Å². The molecule has 0 saturated carbocycles. The monoisotopic (exact) mass is 378 g/mol. The third-order valence-electron chi connectivity index (χ3n) is 3.78. The smallest absolute Gasteiger partial charge is 0.251 e. The van der Waals surface area contributed by atoms with Crippen LogP contribution in [0, 0.1) is 0 Å². The minimum absolute atomic E-state index is 0.0223. The second kappa shape index (κ2) is 9.44. The first-order valence-electron chi connectivity index (χ1n) is 7.99. The van der Waals surface area contributed by atoms with Crippen LogP contribution >= 0.6 is 23.2 Å². The molecule has 2 aromatic carbocycles. The van der Waals surface area contributed by atoms with Crippen molar-refractivity contribution in [2.45, 2.75) is 13.3 Å². The molecule has 0 spiro atoms. The van der Waals surface area contributed by atoms with Gasteiger partial charge in [0.05, 0.1) is 0 Å². The second-order valence-corrected chi connectivity index (χ2v) is 6.52. The number of rotatable bonds is 7. The zero-order chi connectivity index (χ0) is 18.2. The number of hydrogen-bond acceptors (Lipinski definition) is 2. The standard InChI is InChI=1S/C19H20Cl2N2O2/c1-14(24)23(11-9-15-5-7-17(20)8-6-15)12-10-22-19(25)16-3-2-4-18(21)13-16/h2-8,13H,9-12H2,1H3,(H,22,25). The van der Waals surface area contributed by atoms with Gasteiger partial charge in [-0.2, -0.15) is 0 Å². The van der Waals surface area contributed by atoms with Gasteiger partial charge in [0.1, 0.15) is 0 Å². The van der Waals surface area contributed by atoms with Gasteiger partial charge >= 0.3 is 0 Å². The van der Waals surface area contributed by atoms with Crippen molar-refractivity contribution in [3.63, 3.8) is 0 Å². The van der Waals surface area contributed by atoms with Crippen molar-refractivity contribution in [2.24, 2.45) is 0 Å². The summed E-state index contributed by atoms with van der Waals surface area (Å²) in [7, 11) is 0. The maximum absolute atomic E-state index is 12.1. The lowest BCUT2D eigenvalue weighted by atomic mass is 10.1. The van der Waals surface area contributed by atoms with Gasteiger partial charge in [-0.15, -0.1) is 0 Å². The van der Waals surface area contributed by atoms with E-state index in [2.05, 4.69) is 5.32 Å². The van der Waals surface area contributed by atoms with E-state index in [0.29, 0.717) is 35.2 Å². The maximum atomic E-state index is 12.1. The zero-order valence-electron chi connectivity index (χ0n) is 14.0. The molecule has 2 rings (SSSR count). The largest absolute Gasteiger partial charge is 0.350 e. The van der Waals surface area contributed by atoms with Gasteiger partial charge in [-0.1, -0.05) is 41.4 Å². The summed E-state index contributed by atoms with van der Waals surface area (Å²) in [5.41, 5.74) is 1.61. The predicted molar refractivity (Wildman–Crippen MR) is 101 cm³/mol. The highest BCUT2D eigenvalue weighted by atomic mass is 35.5. The summed E-state index contributed by atoms with van der Waals surface area (Å²) in [4.78, 5) is 25.6. The summed E-state index contributed by atoms with van der Waals surface area (Å²) in [5, 5.41) is 4.01. The van der Waals surface area contributed by atoms with E-state index in [1.165, 1.54) is 6.92 Å². The highest BCUT2D eigenvalue weighted by Gasteiger charge is 2.10. The van der Waals surface area contributed by atoms with E-state index in [1.807, 2.05) is 24.3 Å². The molecular formula is C19H20Cl2N2O2. The van der Waals surface area contributed by atoms with E-state index in [1.54, 1.807) is 29.2 Å². The molecule has 0 aliphatic rings. The summed E-state index contributed by atoms with van der Waals surface area (Å²) in [6.45, 7) is 2.95. The zero-order valence-corrected chi connectivity index (χ0v) is 15.5. The lowest BCUT2D eigenvalue weighted by Crippen LogP contribution is -2.38. The molecule has 1 N–H and O–H groups in total. The Bertz CT molecular complexity index is 732. The van der Waals surface area contributed by atoms with Crippen LogP contribution in [0.15, 0.2) is 48.5 Å². The number of carbonyl (C=O) groups is 2. The Labute approximate surface area is 157 Å². The first-order valence-corrected chi connectivity index (χ1v) is 8.75. The van der Waals surface area contributed by atoms with Crippen LogP contribution < -0.4 is 5.32 Å². The van der Waals surface area contributed by atoms with Crippen LogP contribution in [0.4, 0.5) is 0 Å². The van der Waals surface area contributed by atoms with Crippen LogP contribution in [0.5, 0.6) is 0 Å². The fourth-order valence-electron chi connectivity index (χ4n) is 2.38. The summed E-state index contributed by atoms with van der Waals surface area (Å²) in [6.07, 6.45) is 0.735. The van der Waals surface area contributed by atoms with Crippen molar-refractivity contribution in [3.05, 3.63) is 69.7 Å². The SMILES string of the molecule is CC(=O)N(CCNC(=O)c1cccc(Cl)c1)CCc1ccc(Cl)cc1. The normalized spacial score (nSPS) is 10.4. The van der Waals surface area contributed by atoms with Gasteiger partial charge in [0.2, 0.25) is 5.91 Å². The van der Waals surface area contributed by atoms with Gasteiger partial charge in [-0.25, -0.2) is 0 Å². The van der Waals surface area contributed by atoms with E-state index in [0.717, 1.165) is 12.0 Å². The summed E-state index contributed by atoms with van der Waals surface area (Å²) < 4.78 is 0. The molecule has 0 fully saturated rings. The Hall–Kier alpha value is -2.04. The van der Waals surface area contributed by atoms with Crippen LogP contribution in [0.1, 0.15) is 22.8 Å². The number of nitrogens with zero attached hydrogens (tertiary/aromatic N) is 1. The molecule has 4 nitrogen and oxygen atoms in total. The molecule has 2 amide bonds. The number of hydrogen-bond donors (Lipinski definition) is 1. The van der Waals surface area contributed by atoms with Gasteiger partial charge in [-0.05, 0) is 42.3 Å². The van der Waals surface area contributed by atoms with E-state index in [9.17, 15) is 9.59 Å². The third-order valence-corrected chi connectivity index (χ3v) is 4.27. The highest BCUT2D eigenvalue weighted by Crippen LogP contribution is 2.11. The van der Waals surface area contributed by atoms with Crippen LogP contribution in [0.25, 0.3) is 0 Å². The predicted octanol–water partition coefficient (Wildman–Crippen LogP) is 3.81. The van der Waals surface area contributed by atoms with Crippen molar-refractivity contribution < 1.29 is 9.59 Å². The van der Waals surface area contributed by atoms with Crippen LogP contribution in [0.3, 0.4) is 0 Å². The molecule has 0 radical (unpaired) electrons. The number of nitrogens with one attached hydrogen (secondary N) is 1. The van der Waals surface area contributed by atoms with Crippen molar-refractivity contribution >= 4 is 35.0 Å². The Balaban J connectivity index is 1.82. The van der Waals surface area contributed by atoms with Gasteiger partial charge in [0.25, 0.3) is 5.91 Å². The Kier molecular flexibility index (Phi) is 7.29. The fourth-order valence-corrected chi connectivity index (χ4v) is 2.69. The molecule has 132 valence electrons. The number of carbonyl (C=O) groups excluding carboxylic acids is 2. The van der Waals surface area contributed by atoms with Gasteiger partial charge in [0, 0.05) is 42.2 Å². The molecule has 0 unspecified atom stereocenters. The average Bonchev–Trinajstić information content (AvgIpc) is 2.59. The second-order valence-electron chi connectivity index (χ2n) is 5.65. The van der Waals surface area contributed by atoms with E-state index >= 15 is 0 Å². The Morgan fingerprint density at radius 2 is 1.72 bits per heavy atom. The Morgan fingerprint density at radius 3 is 2.36 bits per heavy atom. The fraction of sp³-hybridized carbons (Fsp3) is 0.263. The molecule has 0 atom stereocenters. The molecule has 0 aliphatic carbocycles. The minimum Gasteiger partial charge on any atom is -0.350 e. The van der Waals surface area contributed by atoms with Crippen molar-refractivity contribution in [1.29, 1.82) is 0 Å². The maximum Gasteiger partial charge on any atom is 0.251 e. The summed E-state index contributed by atoms with van der Waals surface area (Å²) in [5.74, 6) is -0.227. The van der Waals surface area contributed by atoms with E-state index in [-0.39, 0.29) is 11.8 Å². The van der Waals surface area contributed by atoms with Crippen LogP contribution in [-0.2, 0) is 11.2 Å². The topological polar surface area (TPSA) is 49.4 Å². The minimum atomic E-state index is -0.205. The van der Waals surface area contributed by atoms with Crippen LogP contribution in [0.2, 0.25) is 10.0 Å². The molecule has 2 aromatic rings. The molecular weight excluding hydrogens is 359 g/mol. The molecule has 0 aromatic heterocycles. The molecule has 0 aliphatic heterocycles. The van der Waals surface area contributed by atoms with Gasteiger partial charge < -0.3 is 10.2 Å². The quantitative estimate of drug-likeness (QED) is 0.795. The van der Waals surface area contributed by atoms with Crippen molar-refractivity contribution in [3.8, 4) is 0 Å². The highest BCUT2D eigenvalue weighted by molar-refractivity contribution is 6.31. The molecule has 0 heterocycles. The number of halogens is 2. The lowest BCUT2D eigenvalue weighted by molar-refractivity contribution is -0.128. The number of benzene rings is 2. The molecule has 0 bridgehead atoms. The van der Waals surface area contributed by atoms with Crippen LogP contribution in [-0.4, -0.2) is 36.3 Å². The average molecular weight is 379 g/mol. The Morgan fingerprint density at radius 1 is 1.00 bits per heavy atom.